The molecule has 0 fully saturated rings. The lowest BCUT2D eigenvalue weighted by Gasteiger charge is -2.06. The third-order valence-corrected chi connectivity index (χ3v) is 3.55. The maximum atomic E-state index is 10.7. The minimum Gasteiger partial charge on any atom is -0.481 e. The Morgan fingerprint density at radius 2 is 2.24 bits per heavy atom. The van der Waals surface area contributed by atoms with Gasteiger partial charge in [0.25, 0.3) is 5.69 Å². The van der Waals surface area contributed by atoms with Crippen LogP contribution in [0, 0.1) is 23.0 Å². The summed E-state index contributed by atoms with van der Waals surface area (Å²) in [6, 6.07) is 4.92. The first-order chi connectivity index (χ1) is 7.91. The Kier molecular flexibility index (Phi) is 4.51. The van der Waals surface area contributed by atoms with E-state index >= 15 is 0 Å². The zero-order chi connectivity index (χ0) is 13.0. The van der Waals surface area contributed by atoms with Crippen LogP contribution in [0.2, 0.25) is 0 Å². The number of benzene rings is 1. The van der Waals surface area contributed by atoms with Crippen LogP contribution in [0.5, 0.6) is 0 Å². The quantitative estimate of drug-likeness (QED) is 0.497. The molecular weight excluding hydrogens is 242 g/mol. The Labute approximate surface area is 103 Å². The van der Waals surface area contributed by atoms with Crippen molar-refractivity contribution < 1.29 is 14.8 Å². The number of thioether (sulfide) groups is 1. The number of aliphatic carboxylic acids is 1. The molecule has 1 unspecified atom stereocenters. The van der Waals surface area contributed by atoms with Gasteiger partial charge in [-0.2, -0.15) is 0 Å². The molecule has 0 aliphatic carbocycles. The van der Waals surface area contributed by atoms with Crippen molar-refractivity contribution in [3.8, 4) is 0 Å². The van der Waals surface area contributed by atoms with Crippen molar-refractivity contribution in [1.29, 1.82) is 0 Å². The molecule has 6 heteroatoms. The Balaban J connectivity index is 2.76. The zero-order valence-corrected chi connectivity index (χ0v) is 10.4. The van der Waals surface area contributed by atoms with Gasteiger partial charge >= 0.3 is 5.97 Å². The Hall–Kier alpha value is -1.56. The molecule has 0 spiro atoms. The number of nitro groups is 1. The molecule has 0 saturated carbocycles. The highest BCUT2D eigenvalue weighted by molar-refractivity contribution is 7.99. The fraction of sp³-hybridized carbons (Fsp3) is 0.364. The molecule has 1 atom stereocenters. The van der Waals surface area contributed by atoms with Crippen LogP contribution in [0.1, 0.15) is 12.5 Å². The molecule has 0 bridgehead atoms. The molecule has 0 aliphatic heterocycles. The summed E-state index contributed by atoms with van der Waals surface area (Å²) >= 11 is 1.31. The van der Waals surface area contributed by atoms with Gasteiger partial charge in [-0.3, -0.25) is 14.9 Å². The highest BCUT2D eigenvalue weighted by Crippen LogP contribution is 2.27. The van der Waals surface area contributed by atoms with Gasteiger partial charge in [0.2, 0.25) is 0 Å². The smallest absolute Gasteiger partial charge is 0.307 e. The highest BCUT2D eigenvalue weighted by Gasteiger charge is 2.14. The minimum absolute atomic E-state index is 0.0676. The SMILES string of the molecule is Cc1ccc(SCC(C)C(=O)O)cc1[N+](=O)[O-]. The van der Waals surface area contributed by atoms with Crippen molar-refractivity contribution in [3.05, 3.63) is 33.9 Å². The van der Waals surface area contributed by atoms with Crippen LogP contribution in [0.4, 0.5) is 5.69 Å². The van der Waals surface area contributed by atoms with Gasteiger partial charge in [-0.15, -0.1) is 11.8 Å². The van der Waals surface area contributed by atoms with Gasteiger partial charge in [0.15, 0.2) is 0 Å². The van der Waals surface area contributed by atoms with Gasteiger partial charge in [0.05, 0.1) is 10.8 Å². The summed E-state index contributed by atoms with van der Waals surface area (Å²) in [5, 5.41) is 19.4. The molecule has 92 valence electrons. The minimum atomic E-state index is -0.862. The number of rotatable bonds is 5. The maximum absolute atomic E-state index is 10.7. The summed E-state index contributed by atoms with van der Waals surface area (Å²) in [5.74, 6) is -0.935. The molecule has 0 heterocycles. The molecule has 17 heavy (non-hydrogen) atoms. The van der Waals surface area contributed by atoms with Crippen LogP contribution in [0.3, 0.4) is 0 Å². The van der Waals surface area contributed by atoms with Crippen LogP contribution in [0.15, 0.2) is 23.1 Å². The second-order valence-electron chi connectivity index (χ2n) is 3.76. The van der Waals surface area contributed by atoms with Crippen molar-refractivity contribution in [2.75, 3.05) is 5.75 Å². The maximum Gasteiger partial charge on any atom is 0.307 e. The number of carboxylic acid groups (broad SMARTS) is 1. The topological polar surface area (TPSA) is 80.4 Å². The van der Waals surface area contributed by atoms with E-state index in [0.29, 0.717) is 11.3 Å². The van der Waals surface area contributed by atoms with Crippen LogP contribution in [-0.4, -0.2) is 21.8 Å². The number of carboxylic acids is 1. The van der Waals surface area contributed by atoms with E-state index < -0.39 is 16.8 Å². The molecule has 0 aliphatic rings. The molecule has 0 aromatic heterocycles. The lowest BCUT2D eigenvalue weighted by molar-refractivity contribution is -0.385. The molecule has 1 rings (SSSR count). The van der Waals surface area contributed by atoms with E-state index in [-0.39, 0.29) is 5.69 Å². The van der Waals surface area contributed by atoms with Crippen molar-refractivity contribution in [2.24, 2.45) is 5.92 Å². The van der Waals surface area contributed by atoms with Gasteiger partial charge in [-0.1, -0.05) is 13.0 Å². The summed E-state index contributed by atoms with van der Waals surface area (Å²) in [5.41, 5.74) is 0.670. The van der Waals surface area contributed by atoms with Crippen molar-refractivity contribution in [1.82, 2.24) is 0 Å². The Morgan fingerprint density at radius 1 is 1.59 bits per heavy atom. The monoisotopic (exact) mass is 255 g/mol. The van der Waals surface area contributed by atoms with Crippen LogP contribution >= 0.6 is 11.8 Å². The normalized spacial score (nSPS) is 12.1. The van der Waals surface area contributed by atoms with E-state index in [2.05, 4.69) is 0 Å². The zero-order valence-electron chi connectivity index (χ0n) is 9.54. The first-order valence-corrected chi connectivity index (χ1v) is 6.01. The molecule has 0 radical (unpaired) electrons. The van der Waals surface area contributed by atoms with Crippen LogP contribution in [0.25, 0.3) is 0 Å². The fourth-order valence-electron chi connectivity index (χ4n) is 1.17. The van der Waals surface area contributed by atoms with E-state index in [0.717, 1.165) is 4.90 Å². The summed E-state index contributed by atoms with van der Waals surface area (Å²) in [6.45, 7) is 3.28. The third-order valence-electron chi connectivity index (χ3n) is 2.30. The van der Waals surface area contributed by atoms with Crippen molar-refractivity contribution in [3.63, 3.8) is 0 Å². The predicted molar refractivity (Wildman–Crippen MR) is 65.4 cm³/mol. The molecule has 0 amide bonds. The number of hydrogen-bond acceptors (Lipinski definition) is 4. The number of nitrogens with zero attached hydrogens (tertiary/aromatic N) is 1. The van der Waals surface area contributed by atoms with E-state index in [4.69, 9.17) is 5.11 Å². The lowest BCUT2D eigenvalue weighted by Crippen LogP contribution is -2.11. The van der Waals surface area contributed by atoms with E-state index in [1.165, 1.54) is 17.8 Å². The Bertz CT molecular complexity index is 447. The molecule has 1 N–H and O–H groups in total. The number of aryl methyl sites for hydroxylation is 1. The van der Waals surface area contributed by atoms with E-state index in [1.54, 1.807) is 26.0 Å². The molecule has 1 aromatic rings. The van der Waals surface area contributed by atoms with Gasteiger partial charge in [0.1, 0.15) is 0 Å². The summed E-state index contributed by atoms with van der Waals surface area (Å²) in [7, 11) is 0. The first-order valence-electron chi connectivity index (χ1n) is 5.02. The van der Waals surface area contributed by atoms with Crippen LogP contribution < -0.4 is 0 Å². The highest BCUT2D eigenvalue weighted by atomic mass is 32.2. The first kappa shape index (κ1) is 13.5. The average molecular weight is 255 g/mol. The summed E-state index contributed by atoms with van der Waals surface area (Å²) in [4.78, 5) is 21.6. The Morgan fingerprint density at radius 3 is 2.76 bits per heavy atom. The van der Waals surface area contributed by atoms with E-state index in [9.17, 15) is 14.9 Å². The largest absolute Gasteiger partial charge is 0.481 e. The molecule has 5 nitrogen and oxygen atoms in total. The number of nitro benzene ring substituents is 1. The second kappa shape index (κ2) is 5.67. The lowest BCUT2D eigenvalue weighted by atomic mass is 10.2. The third kappa shape index (κ3) is 3.74. The van der Waals surface area contributed by atoms with Crippen molar-refractivity contribution in [2.45, 2.75) is 18.7 Å². The summed E-state index contributed by atoms with van der Waals surface area (Å²) < 4.78 is 0. The van der Waals surface area contributed by atoms with Gasteiger partial charge in [-0.05, 0) is 13.0 Å². The van der Waals surface area contributed by atoms with Crippen LogP contribution in [-0.2, 0) is 4.79 Å². The van der Waals surface area contributed by atoms with Gasteiger partial charge in [0, 0.05) is 22.3 Å². The standard InChI is InChI=1S/C11H13NO4S/c1-7-3-4-9(5-10(7)12(15)16)17-6-8(2)11(13)14/h3-5,8H,6H2,1-2H3,(H,13,14). The molecule has 0 saturated heterocycles. The van der Waals surface area contributed by atoms with Gasteiger partial charge < -0.3 is 5.11 Å². The van der Waals surface area contributed by atoms with E-state index in [1.807, 2.05) is 0 Å². The summed E-state index contributed by atoms with van der Waals surface area (Å²) in [6.07, 6.45) is 0. The predicted octanol–water partition coefficient (Wildman–Crippen LogP) is 2.72. The van der Waals surface area contributed by atoms with Gasteiger partial charge in [-0.25, -0.2) is 0 Å². The fourth-order valence-corrected chi connectivity index (χ4v) is 2.11. The average Bonchev–Trinajstić information content (AvgIpc) is 2.26. The number of hydrogen-bond donors (Lipinski definition) is 1. The second-order valence-corrected chi connectivity index (χ2v) is 4.85. The van der Waals surface area contributed by atoms with Crippen molar-refractivity contribution >= 4 is 23.4 Å². The molecular formula is C11H13NO4S. The number of carbonyl (C=O) groups is 1. The molecule has 1 aromatic carbocycles.